The van der Waals surface area contributed by atoms with Crippen molar-refractivity contribution in [2.45, 2.75) is 12.8 Å². The lowest BCUT2D eigenvalue weighted by atomic mass is 10.0. The van der Waals surface area contributed by atoms with Crippen LogP contribution in [0.3, 0.4) is 0 Å². The molecule has 0 heterocycles. The van der Waals surface area contributed by atoms with E-state index >= 15 is 0 Å². The van der Waals surface area contributed by atoms with Crippen LogP contribution in [0.5, 0.6) is 5.75 Å². The van der Waals surface area contributed by atoms with Crippen LogP contribution in [0.4, 0.5) is 26.7 Å². The molecule has 2 amide bonds. The van der Waals surface area contributed by atoms with Crippen LogP contribution in [0, 0.1) is 11.5 Å². The fourth-order valence-corrected chi connectivity index (χ4v) is 6.12. The molecule has 0 bridgehead atoms. The maximum absolute atomic E-state index is 12.1. The molecule has 12 heteroatoms. The molecule has 0 radical (unpaired) electrons. The van der Waals surface area contributed by atoms with Crippen molar-refractivity contribution in [1.82, 2.24) is 0 Å². The summed E-state index contributed by atoms with van der Waals surface area (Å²) in [6.45, 7) is 0.611. The van der Waals surface area contributed by atoms with E-state index in [4.69, 9.17) is 19.5 Å². The summed E-state index contributed by atoms with van der Waals surface area (Å²) in [6, 6.07) is 29.8. The maximum Gasteiger partial charge on any atom is 0.411 e. The minimum absolute atomic E-state index is 0.305. The first-order chi connectivity index (χ1) is 23.5. The van der Waals surface area contributed by atoms with Crippen LogP contribution in [0.2, 0.25) is 0 Å². The molecule has 48 heavy (non-hydrogen) atoms. The SMILES string of the molecule is N#COc1ccc(Cc2ccc(NC(=O)OCCSCCSCCOC(=O)Nc3ccc(Cc4ccc(N=C=O)cc4)cc3)cc2)cc1. The van der Waals surface area contributed by atoms with Crippen molar-refractivity contribution >= 4 is 58.9 Å². The van der Waals surface area contributed by atoms with E-state index in [1.54, 1.807) is 54.0 Å². The fourth-order valence-electron chi connectivity index (χ4n) is 4.37. The summed E-state index contributed by atoms with van der Waals surface area (Å²) in [6.07, 6.45) is 3.62. The number of hydrogen-bond donors (Lipinski definition) is 2. The summed E-state index contributed by atoms with van der Waals surface area (Å²) in [5.41, 5.74) is 6.20. The van der Waals surface area contributed by atoms with Crippen molar-refractivity contribution < 1.29 is 28.6 Å². The smallest absolute Gasteiger partial charge is 0.411 e. The van der Waals surface area contributed by atoms with Gasteiger partial charge in [0.2, 0.25) is 6.08 Å². The molecule has 246 valence electrons. The Kier molecular flexibility index (Phi) is 14.9. The van der Waals surface area contributed by atoms with Crippen molar-refractivity contribution in [1.29, 1.82) is 5.26 Å². The van der Waals surface area contributed by atoms with Crippen LogP contribution >= 0.6 is 23.5 Å². The second-order valence-electron chi connectivity index (χ2n) is 10.2. The lowest BCUT2D eigenvalue weighted by Crippen LogP contribution is -2.15. The van der Waals surface area contributed by atoms with Gasteiger partial charge >= 0.3 is 12.2 Å². The molecule has 10 nitrogen and oxygen atoms in total. The first-order valence-electron chi connectivity index (χ1n) is 15.0. The number of nitrogens with zero attached hydrogens (tertiary/aromatic N) is 2. The Morgan fingerprint density at radius 1 is 0.625 bits per heavy atom. The van der Waals surface area contributed by atoms with Crippen LogP contribution in [0.15, 0.2) is 102 Å². The minimum atomic E-state index is -0.495. The highest BCUT2D eigenvalue weighted by Gasteiger charge is 2.06. The van der Waals surface area contributed by atoms with E-state index in [1.165, 1.54) is 6.08 Å². The average Bonchev–Trinajstić information content (AvgIpc) is 3.09. The van der Waals surface area contributed by atoms with E-state index < -0.39 is 12.2 Å². The quantitative estimate of drug-likeness (QED) is 0.0491. The number of carbonyl (C=O) groups excluding carboxylic acids is 3. The van der Waals surface area contributed by atoms with Gasteiger partial charge in [-0.15, -0.1) is 5.26 Å². The first kappa shape index (κ1) is 35.6. The van der Waals surface area contributed by atoms with Gasteiger partial charge in [0.15, 0.2) is 0 Å². The van der Waals surface area contributed by atoms with Crippen LogP contribution in [0.1, 0.15) is 22.3 Å². The van der Waals surface area contributed by atoms with Crippen molar-refractivity contribution in [2.75, 3.05) is 46.9 Å². The van der Waals surface area contributed by atoms with Gasteiger partial charge in [-0.25, -0.2) is 14.4 Å². The third kappa shape index (κ3) is 13.3. The number of rotatable bonds is 17. The van der Waals surface area contributed by atoms with E-state index in [0.717, 1.165) is 33.8 Å². The zero-order valence-electron chi connectivity index (χ0n) is 26.1. The van der Waals surface area contributed by atoms with Gasteiger partial charge in [-0.05, 0) is 83.6 Å². The fraction of sp³-hybridized carbons (Fsp3) is 0.222. The molecule has 2 N–H and O–H groups in total. The van der Waals surface area contributed by atoms with E-state index in [-0.39, 0.29) is 0 Å². The maximum atomic E-state index is 12.1. The lowest BCUT2D eigenvalue weighted by Gasteiger charge is -2.09. The van der Waals surface area contributed by atoms with Gasteiger partial charge in [-0.2, -0.15) is 28.5 Å². The number of nitriles is 1. The number of anilines is 2. The van der Waals surface area contributed by atoms with Gasteiger partial charge in [0.25, 0.3) is 6.26 Å². The van der Waals surface area contributed by atoms with E-state index in [9.17, 15) is 14.4 Å². The Morgan fingerprint density at radius 3 is 1.46 bits per heavy atom. The highest BCUT2D eigenvalue weighted by molar-refractivity contribution is 8.02. The highest BCUT2D eigenvalue weighted by Crippen LogP contribution is 2.19. The van der Waals surface area contributed by atoms with Gasteiger partial charge in [-0.3, -0.25) is 10.6 Å². The summed E-state index contributed by atoms with van der Waals surface area (Å²) in [5.74, 6) is 3.66. The second kappa shape index (κ2) is 20.1. The molecule has 0 unspecified atom stereocenters. The Morgan fingerprint density at radius 2 is 1.04 bits per heavy atom. The molecular weight excluding hydrogens is 649 g/mol. The Balaban J connectivity index is 0.986. The van der Waals surface area contributed by atoms with Crippen molar-refractivity contribution in [3.63, 3.8) is 0 Å². The van der Waals surface area contributed by atoms with Crippen LogP contribution in [-0.4, -0.2) is 54.5 Å². The van der Waals surface area contributed by atoms with Gasteiger partial charge in [0, 0.05) is 34.4 Å². The van der Waals surface area contributed by atoms with Crippen LogP contribution in [-0.2, 0) is 27.1 Å². The normalized spacial score (nSPS) is 10.2. The second-order valence-corrected chi connectivity index (χ2v) is 12.7. The largest absolute Gasteiger partial charge is 0.448 e. The first-order valence-corrected chi connectivity index (χ1v) is 17.3. The monoisotopic (exact) mass is 682 g/mol. The van der Waals surface area contributed by atoms with Gasteiger partial charge in [0.05, 0.1) is 5.69 Å². The molecule has 0 spiro atoms. The Labute approximate surface area is 287 Å². The van der Waals surface area contributed by atoms with Crippen LogP contribution in [0.25, 0.3) is 0 Å². The molecule has 0 saturated heterocycles. The van der Waals surface area contributed by atoms with Crippen LogP contribution < -0.4 is 15.4 Å². The number of amides is 2. The zero-order chi connectivity index (χ0) is 33.8. The molecule has 0 aliphatic carbocycles. The van der Waals surface area contributed by atoms with Crippen molar-refractivity contribution in [2.24, 2.45) is 4.99 Å². The van der Waals surface area contributed by atoms with E-state index in [0.29, 0.717) is 60.4 Å². The molecular formula is C36H34N4O6S2. The lowest BCUT2D eigenvalue weighted by molar-refractivity contribution is 0.168. The number of nitrogens with one attached hydrogen (secondary N) is 2. The predicted octanol–water partition coefficient (Wildman–Crippen LogP) is 7.96. The summed E-state index contributed by atoms with van der Waals surface area (Å²) in [5, 5.41) is 14.1. The number of ether oxygens (including phenoxy) is 3. The average molecular weight is 683 g/mol. The number of benzene rings is 4. The predicted molar refractivity (Wildman–Crippen MR) is 190 cm³/mol. The Bertz CT molecular complexity index is 1690. The molecule has 0 atom stereocenters. The molecule has 0 aliphatic rings. The summed E-state index contributed by atoms with van der Waals surface area (Å²) in [4.78, 5) is 38.2. The van der Waals surface area contributed by atoms with Gasteiger partial charge in [0.1, 0.15) is 19.0 Å². The minimum Gasteiger partial charge on any atom is -0.448 e. The van der Waals surface area contributed by atoms with Crippen molar-refractivity contribution in [3.8, 4) is 12.0 Å². The molecule has 0 saturated carbocycles. The number of aliphatic imine (C=N–C) groups is 1. The van der Waals surface area contributed by atoms with Crippen molar-refractivity contribution in [3.05, 3.63) is 119 Å². The Hall–Kier alpha value is -5.21. The number of carbonyl (C=O) groups is 2. The van der Waals surface area contributed by atoms with Gasteiger partial charge < -0.3 is 14.2 Å². The molecule has 0 aromatic heterocycles. The molecule has 0 fully saturated rings. The standard InChI is InChI=1S/C36H34N4O6S2/c37-25-46-34-15-7-30(8-16-34)24-29-5-13-33(14-6-29)40-36(43)45-18-20-48-22-21-47-19-17-44-35(42)39-32-11-3-28(4-12-32)23-27-1-9-31(10-2-27)38-26-41/h1-16H,17-24H2,(H,39,42)(H,40,43). The summed E-state index contributed by atoms with van der Waals surface area (Å²) in [7, 11) is 0. The highest BCUT2D eigenvalue weighted by atomic mass is 32.2. The molecule has 4 aromatic carbocycles. The van der Waals surface area contributed by atoms with Gasteiger partial charge in [-0.1, -0.05) is 48.5 Å². The number of hydrogen-bond acceptors (Lipinski definition) is 10. The van der Waals surface area contributed by atoms with E-state index in [2.05, 4.69) is 15.6 Å². The summed E-state index contributed by atoms with van der Waals surface area (Å²) >= 11 is 3.38. The topological polar surface area (TPSA) is 139 Å². The third-order valence-electron chi connectivity index (χ3n) is 6.71. The number of thioether (sulfide) groups is 2. The molecule has 4 aromatic rings. The number of isocyanates is 1. The zero-order valence-corrected chi connectivity index (χ0v) is 27.7. The summed E-state index contributed by atoms with van der Waals surface area (Å²) < 4.78 is 15.3. The third-order valence-corrected chi connectivity index (χ3v) is 8.86. The molecule has 4 rings (SSSR count). The molecule has 0 aliphatic heterocycles. The van der Waals surface area contributed by atoms with E-state index in [1.807, 2.05) is 72.8 Å².